The van der Waals surface area contributed by atoms with Gasteiger partial charge in [0.05, 0.1) is 0 Å². The zero-order valence-corrected chi connectivity index (χ0v) is 25.6. The minimum Gasteiger partial charge on any atom is -0.0475 e. The van der Waals surface area contributed by atoms with E-state index in [9.17, 15) is 4.39 Å². The van der Waals surface area contributed by atoms with Crippen molar-refractivity contribution in [3.8, 4) is 22.9 Å². The molecule has 1 aromatic carbocycles. The maximum absolute atomic E-state index is 14.7. The summed E-state index contributed by atoms with van der Waals surface area (Å²) in [6, 6.07) is 7.52. The average Bonchev–Trinajstić information content (AvgIpc) is 2.84. The second-order valence-electron chi connectivity index (χ2n) is 11.6. The Morgan fingerprint density at radius 2 is 1.39 bits per heavy atom. The summed E-state index contributed by atoms with van der Waals surface area (Å²) in [7, 11) is 0. The molecule has 1 heterocycles. The molecule has 0 aliphatic rings. The first kappa shape index (κ1) is 30.6. The van der Waals surface area contributed by atoms with Crippen molar-refractivity contribution >= 4 is 13.3 Å². The van der Waals surface area contributed by atoms with Gasteiger partial charge in [-0.15, -0.1) is 0 Å². The summed E-state index contributed by atoms with van der Waals surface area (Å²) in [4.78, 5) is 8.90. The second-order valence-corrected chi connectivity index (χ2v) is 23.4. The number of hydrogen-bond acceptors (Lipinski definition) is 4. The van der Waals surface area contributed by atoms with Gasteiger partial charge in [-0.05, 0) is 37.6 Å². The fourth-order valence-corrected chi connectivity index (χ4v) is 6.87. The van der Waals surface area contributed by atoms with E-state index in [1.165, 1.54) is 37.4 Å². The van der Waals surface area contributed by atoms with Gasteiger partial charge >= 0.3 is 114 Å². The standard InChI is InChI=1S/C30H49FGeN2O2/c1-6-7-8-13-20-30(2,31)25-36-27-18-16-26(17-19-27)29-33-23-28(24-34-29)35-22-15-12-10-9-11-14-21-32(3,4)5/h16-19,23-24H,6-15,20-22,25H2,1-5H3/t30-/m0/s1. The van der Waals surface area contributed by atoms with E-state index in [0.29, 0.717) is 30.4 Å². The van der Waals surface area contributed by atoms with E-state index in [0.717, 1.165) is 37.7 Å². The first-order valence-corrected chi connectivity index (χ1v) is 21.8. The van der Waals surface area contributed by atoms with Crippen molar-refractivity contribution in [1.29, 1.82) is 0 Å². The molecule has 0 radical (unpaired) electrons. The molecule has 4 nitrogen and oxygen atoms in total. The van der Waals surface area contributed by atoms with Crippen LogP contribution in [0.3, 0.4) is 0 Å². The zero-order valence-electron chi connectivity index (χ0n) is 23.5. The maximum atomic E-state index is 14.7. The van der Waals surface area contributed by atoms with E-state index in [1.54, 1.807) is 19.3 Å². The van der Waals surface area contributed by atoms with E-state index >= 15 is 0 Å². The minimum atomic E-state index is -1.33. The molecule has 0 aliphatic carbocycles. The fraction of sp³-hybridized carbons (Fsp3) is 0.667. The van der Waals surface area contributed by atoms with Crippen molar-refractivity contribution in [2.75, 3.05) is 13.2 Å². The van der Waals surface area contributed by atoms with Crippen molar-refractivity contribution < 1.29 is 13.9 Å². The van der Waals surface area contributed by atoms with Gasteiger partial charge in [0.15, 0.2) is 5.82 Å². The van der Waals surface area contributed by atoms with Gasteiger partial charge in [-0.2, -0.15) is 0 Å². The molecule has 36 heavy (non-hydrogen) atoms. The van der Waals surface area contributed by atoms with E-state index < -0.39 is 18.9 Å². The molecular formula is C30H49FGeN2O2. The molecule has 0 spiro atoms. The molecule has 0 bridgehead atoms. The van der Waals surface area contributed by atoms with Gasteiger partial charge < -0.3 is 4.74 Å². The van der Waals surface area contributed by atoms with Crippen LogP contribution in [0, 0.1) is 0 Å². The van der Waals surface area contributed by atoms with Crippen molar-refractivity contribution in [2.45, 2.75) is 113 Å². The summed E-state index contributed by atoms with van der Waals surface area (Å²) < 4.78 is 26.2. The Morgan fingerprint density at radius 1 is 0.778 bits per heavy atom. The Kier molecular flexibility index (Phi) is 13.8. The summed E-state index contributed by atoms with van der Waals surface area (Å²) >= 11 is -1.33. The Hall–Kier alpha value is -1.63. The molecule has 0 saturated carbocycles. The third-order valence-corrected chi connectivity index (χ3v) is 10.3. The molecule has 0 N–H and O–H groups in total. The minimum absolute atomic E-state index is 0.0695. The predicted molar refractivity (Wildman–Crippen MR) is 153 cm³/mol. The summed E-state index contributed by atoms with van der Waals surface area (Å²) in [6.07, 6.45) is 16.0. The Morgan fingerprint density at radius 3 is 2.03 bits per heavy atom. The van der Waals surface area contributed by atoms with Crippen LogP contribution in [0.15, 0.2) is 36.7 Å². The molecule has 1 atom stereocenters. The summed E-state index contributed by atoms with van der Waals surface area (Å²) in [5, 5.41) is 1.49. The first-order chi connectivity index (χ1) is 17.2. The molecule has 0 amide bonds. The van der Waals surface area contributed by atoms with Crippen LogP contribution in [0.5, 0.6) is 11.5 Å². The molecule has 202 valence electrons. The van der Waals surface area contributed by atoms with Gasteiger partial charge in [0.1, 0.15) is 18.0 Å². The number of nitrogens with zero attached hydrogens (tertiary/aromatic N) is 2. The van der Waals surface area contributed by atoms with Gasteiger partial charge in [-0.1, -0.05) is 32.6 Å². The van der Waals surface area contributed by atoms with E-state index in [2.05, 4.69) is 34.2 Å². The van der Waals surface area contributed by atoms with Crippen LogP contribution in [-0.4, -0.2) is 42.1 Å². The van der Waals surface area contributed by atoms with E-state index in [4.69, 9.17) is 9.47 Å². The number of aromatic nitrogens is 2. The quantitative estimate of drug-likeness (QED) is 0.127. The number of ether oxygens (including phenoxy) is 2. The fourth-order valence-electron chi connectivity index (χ4n) is 4.12. The molecule has 1 aromatic heterocycles. The monoisotopic (exact) mass is 562 g/mol. The second kappa shape index (κ2) is 16.3. The van der Waals surface area contributed by atoms with Crippen LogP contribution in [0.25, 0.3) is 11.4 Å². The van der Waals surface area contributed by atoms with E-state index in [1.807, 2.05) is 24.3 Å². The molecule has 0 unspecified atom stereocenters. The molecular weight excluding hydrogens is 512 g/mol. The Bertz CT molecular complexity index is 836. The van der Waals surface area contributed by atoms with Crippen molar-refractivity contribution in [1.82, 2.24) is 9.97 Å². The van der Waals surface area contributed by atoms with Crippen LogP contribution in [0.1, 0.15) is 84.5 Å². The topological polar surface area (TPSA) is 44.2 Å². The van der Waals surface area contributed by atoms with Crippen molar-refractivity contribution in [3.63, 3.8) is 0 Å². The van der Waals surface area contributed by atoms with Crippen LogP contribution in [0.2, 0.25) is 22.5 Å². The Labute approximate surface area is 222 Å². The van der Waals surface area contributed by atoms with E-state index in [-0.39, 0.29) is 6.61 Å². The molecule has 0 aliphatic heterocycles. The first-order valence-electron chi connectivity index (χ1n) is 14.1. The van der Waals surface area contributed by atoms with Gasteiger partial charge in [0, 0.05) is 5.56 Å². The van der Waals surface area contributed by atoms with Gasteiger partial charge in [-0.3, -0.25) is 0 Å². The summed E-state index contributed by atoms with van der Waals surface area (Å²) in [5.41, 5.74) is -0.411. The van der Waals surface area contributed by atoms with Gasteiger partial charge in [0.2, 0.25) is 0 Å². The third-order valence-electron chi connectivity index (χ3n) is 6.42. The van der Waals surface area contributed by atoms with Gasteiger partial charge in [0.25, 0.3) is 0 Å². The van der Waals surface area contributed by atoms with Crippen LogP contribution >= 0.6 is 0 Å². The Balaban J connectivity index is 1.65. The van der Waals surface area contributed by atoms with Crippen molar-refractivity contribution in [2.24, 2.45) is 0 Å². The van der Waals surface area contributed by atoms with Crippen molar-refractivity contribution in [3.05, 3.63) is 36.7 Å². The molecule has 0 saturated heterocycles. The SMILES string of the molecule is CCCCCC[C@](C)(F)COc1ccc(-c2ncc(OCCCCCCC[CH2][Ge]([CH3])([CH3])[CH3])cn2)cc1. The zero-order chi connectivity index (χ0) is 26.3. The molecule has 0 fully saturated rings. The number of unbranched alkanes of at least 4 members (excludes halogenated alkanes) is 8. The summed E-state index contributed by atoms with van der Waals surface area (Å²) in [6.45, 7) is 4.56. The number of hydrogen-bond donors (Lipinski definition) is 0. The molecule has 2 rings (SSSR count). The normalized spacial score (nSPS) is 13.4. The van der Waals surface area contributed by atoms with Crippen LogP contribution in [-0.2, 0) is 0 Å². The average molecular weight is 561 g/mol. The molecule has 2 aromatic rings. The van der Waals surface area contributed by atoms with Gasteiger partial charge in [-0.25, -0.2) is 4.39 Å². The van der Waals surface area contributed by atoms with Crippen LogP contribution < -0.4 is 9.47 Å². The third kappa shape index (κ3) is 13.6. The molecule has 6 heteroatoms. The number of benzene rings is 1. The summed E-state index contributed by atoms with van der Waals surface area (Å²) in [5.74, 6) is 9.50. The van der Waals surface area contributed by atoms with Crippen LogP contribution in [0.4, 0.5) is 4.39 Å². The number of alkyl halides is 1. The number of rotatable bonds is 19. The predicted octanol–water partition coefficient (Wildman–Crippen LogP) is 9.28. The smallest absolute Gasteiger partial charge is 0.0475 e. The number of halogens is 1.